The second-order valence-electron chi connectivity index (χ2n) is 11.5. The number of rotatable bonds is 6. The molecule has 0 aromatic heterocycles. The molecular formula is C32H31BN2O7. The van der Waals surface area contributed by atoms with E-state index in [4.69, 9.17) is 4.65 Å². The molecule has 2 saturated heterocycles. The van der Waals surface area contributed by atoms with Crippen LogP contribution in [0.15, 0.2) is 77.4 Å². The van der Waals surface area contributed by atoms with Crippen molar-refractivity contribution in [1.29, 1.82) is 0 Å². The Morgan fingerprint density at radius 1 is 1.10 bits per heavy atom. The summed E-state index contributed by atoms with van der Waals surface area (Å²) in [6, 6.07) is 16.9. The topological polar surface area (TPSA) is 130 Å². The number of hydrogen-bond acceptors (Lipinski definition) is 7. The van der Waals surface area contributed by atoms with Crippen molar-refractivity contribution in [1.82, 2.24) is 0 Å². The predicted octanol–water partition coefficient (Wildman–Crippen LogP) is 5.66. The van der Waals surface area contributed by atoms with Crippen molar-refractivity contribution in [3.63, 3.8) is 0 Å². The number of amides is 2. The predicted molar refractivity (Wildman–Crippen MR) is 160 cm³/mol. The molecular weight excluding hydrogens is 535 g/mol. The molecule has 2 N–H and O–H groups in total. The summed E-state index contributed by atoms with van der Waals surface area (Å²) < 4.78 is 6.03. The number of benzene rings is 3. The van der Waals surface area contributed by atoms with E-state index in [1.54, 1.807) is 6.07 Å². The fourth-order valence-corrected chi connectivity index (χ4v) is 7.05. The number of nitro groups is 1. The zero-order valence-corrected chi connectivity index (χ0v) is 23.4. The van der Waals surface area contributed by atoms with Crippen LogP contribution in [0.2, 0.25) is 6.32 Å². The van der Waals surface area contributed by atoms with Crippen LogP contribution in [0, 0.1) is 27.9 Å². The summed E-state index contributed by atoms with van der Waals surface area (Å²) in [7, 11) is -1.07. The fourth-order valence-electron chi connectivity index (χ4n) is 7.05. The van der Waals surface area contributed by atoms with E-state index in [0.29, 0.717) is 19.3 Å². The highest BCUT2D eigenvalue weighted by molar-refractivity contribution is 6.43. The van der Waals surface area contributed by atoms with Crippen molar-refractivity contribution in [2.24, 2.45) is 17.8 Å². The largest absolute Gasteiger partial charge is 0.507 e. The SMILES string of the molecule is CC1=C2[C@@H](CC/C(C)=C/c3ccc(O)c4ccccc34)OB(O)C[C@@H]2[C@@H]2C(=O)N(c3cccc([N+](=O)[O-])c3)C(=O)[C@@H]2C1. The van der Waals surface area contributed by atoms with E-state index in [-0.39, 0.29) is 41.2 Å². The van der Waals surface area contributed by atoms with Gasteiger partial charge in [-0.05, 0) is 74.0 Å². The van der Waals surface area contributed by atoms with Crippen LogP contribution in [-0.4, -0.2) is 40.1 Å². The van der Waals surface area contributed by atoms with Gasteiger partial charge in [0.05, 0.1) is 28.6 Å². The third kappa shape index (κ3) is 4.80. The van der Waals surface area contributed by atoms with Crippen LogP contribution in [0.3, 0.4) is 0 Å². The Kier molecular flexibility index (Phi) is 7.20. The fraction of sp³-hybridized carbons (Fsp3) is 0.312. The van der Waals surface area contributed by atoms with Gasteiger partial charge in [-0.3, -0.25) is 19.7 Å². The summed E-state index contributed by atoms with van der Waals surface area (Å²) in [6.45, 7) is 4.00. The third-order valence-corrected chi connectivity index (χ3v) is 8.89. The molecule has 2 amide bonds. The molecule has 0 spiro atoms. The number of allylic oxidation sites excluding steroid dienone is 2. The molecule has 1 aliphatic carbocycles. The van der Waals surface area contributed by atoms with Crippen LogP contribution >= 0.6 is 0 Å². The van der Waals surface area contributed by atoms with Gasteiger partial charge >= 0.3 is 7.12 Å². The average Bonchev–Trinajstić information content (AvgIpc) is 3.22. The first-order chi connectivity index (χ1) is 20.1. The van der Waals surface area contributed by atoms with E-state index in [1.165, 1.54) is 24.3 Å². The van der Waals surface area contributed by atoms with Gasteiger partial charge in [0.1, 0.15) is 5.75 Å². The lowest BCUT2D eigenvalue weighted by Crippen LogP contribution is -2.46. The maximum Gasteiger partial charge on any atom is 0.455 e. The van der Waals surface area contributed by atoms with Gasteiger partial charge in [0, 0.05) is 17.5 Å². The lowest BCUT2D eigenvalue weighted by Gasteiger charge is -2.42. The summed E-state index contributed by atoms with van der Waals surface area (Å²) in [6.07, 6.45) is 3.56. The quantitative estimate of drug-likeness (QED) is 0.130. The molecule has 42 heavy (non-hydrogen) atoms. The van der Waals surface area contributed by atoms with Crippen LogP contribution in [0.5, 0.6) is 5.75 Å². The number of fused-ring (bicyclic) bond motifs is 4. The first-order valence-corrected chi connectivity index (χ1v) is 14.2. The maximum atomic E-state index is 13.8. The standard InChI is InChI=1S/C32H31BN2O7/c1-18(14-20-11-12-27(36)24-9-4-3-8-23(20)24)10-13-28-29-19(2)15-25-30(26(29)17-33(39)42-28)32(38)34(31(25)37)21-6-5-7-22(16-21)35(40)41/h3-9,11-12,14,16,25-26,28,30,36,39H,10,13,15,17H2,1-2H3/b18-14+/t25-,26+,28-,30-/m1/s1. The second kappa shape index (κ2) is 10.9. The smallest absolute Gasteiger partial charge is 0.455 e. The van der Waals surface area contributed by atoms with Gasteiger partial charge in [-0.25, -0.2) is 4.90 Å². The molecule has 4 atom stereocenters. The van der Waals surface area contributed by atoms with Crippen LogP contribution in [0.1, 0.15) is 38.7 Å². The number of anilines is 1. The minimum atomic E-state index is -1.07. The first kappa shape index (κ1) is 27.9. The second-order valence-corrected chi connectivity index (χ2v) is 11.5. The number of non-ortho nitro benzene ring substituents is 1. The van der Waals surface area contributed by atoms with E-state index in [9.17, 15) is 29.8 Å². The summed E-state index contributed by atoms with van der Waals surface area (Å²) >= 11 is 0. The molecule has 6 rings (SSSR count). The first-order valence-electron chi connectivity index (χ1n) is 14.2. The minimum absolute atomic E-state index is 0.191. The third-order valence-electron chi connectivity index (χ3n) is 8.89. The van der Waals surface area contributed by atoms with Gasteiger partial charge < -0.3 is 14.8 Å². The molecule has 0 radical (unpaired) electrons. The number of imide groups is 1. The maximum absolute atomic E-state index is 13.8. The highest BCUT2D eigenvalue weighted by Crippen LogP contribution is 2.51. The zero-order chi connectivity index (χ0) is 29.7. The number of phenolic OH excluding ortho intramolecular Hbond substituents is 1. The van der Waals surface area contributed by atoms with Crippen LogP contribution in [-0.2, 0) is 14.2 Å². The van der Waals surface area contributed by atoms with Gasteiger partial charge in [-0.1, -0.05) is 53.6 Å². The molecule has 0 bridgehead atoms. The number of hydrogen-bond donors (Lipinski definition) is 2. The molecule has 10 heteroatoms. The number of carbonyl (C=O) groups is 2. The molecule has 0 saturated carbocycles. The molecule has 3 aliphatic rings. The highest BCUT2D eigenvalue weighted by atomic mass is 16.6. The lowest BCUT2D eigenvalue weighted by molar-refractivity contribution is -0.384. The van der Waals surface area contributed by atoms with Crippen molar-refractivity contribution in [3.05, 3.63) is 93.1 Å². The van der Waals surface area contributed by atoms with Gasteiger partial charge in [-0.2, -0.15) is 0 Å². The Labute approximate surface area is 243 Å². The number of nitrogens with zero attached hydrogens (tertiary/aromatic N) is 2. The molecule has 9 nitrogen and oxygen atoms in total. The molecule has 3 aromatic rings. The molecule has 2 aliphatic heterocycles. The Morgan fingerprint density at radius 2 is 1.86 bits per heavy atom. The molecule has 2 fully saturated rings. The van der Waals surface area contributed by atoms with E-state index < -0.39 is 30.0 Å². The van der Waals surface area contributed by atoms with E-state index in [0.717, 1.165) is 38.0 Å². The number of aromatic hydroxyl groups is 1. The molecule has 3 aromatic carbocycles. The monoisotopic (exact) mass is 566 g/mol. The van der Waals surface area contributed by atoms with Crippen molar-refractivity contribution in [2.75, 3.05) is 4.90 Å². The van der Waals surface area contributed by atoms with Crippen molar-refractivity contribution < 1.29 is 29.3 Å². The lowest BCUT2D eigenvalue weighted by atomic mass is 9.59. The summed E-state index contributed by atoms with van der Waals surface area (Å²) in [5, 5.41) is 34.0. The highest BCUT2D eigenvalue weighted by Gasteiger charge is 2.57. The molecule has 0 unspecified atom stereocenters. The Morgan fingerprint density at radius 3 is 2.62 bits per heavy atom. The van der Waals surface area contributed by atoms with E-state index in [2.05, 4.69) is 6.08 Å². The van der Waals surface area contributed by atoms with Crippen LogP contribution in [0.4, 0.5) is 11.4 Å². The van der Waals surface area contributed by atoms with Crippen molar-refractivity contribution in [2.45, 2.75) is 45.5 Å². The van der Waals surface area contributed by atoms with Crippen molar-refractivity contribution in [3.8, 4) is 5.75 Å². The van der Waals surface area contributed by atoms with E-state index in [1.807, 2.05) is 44.2 Å². The van der Waals surface area contributed by atoms with Gasteiger partial charge in [0.2, 0.25) is 11.8 Å². The van der Waals surface area contributed by atoms with Crippen molar-refractivity contribution >= 4 is 47.2 Å². The number of phenols is 1. The normalized spacial score (nSPS) is 24.3. The van der Waals surface area contributed by atoms with Gasteiger partial charge in [0.25, 0.3) is 5.69 Å². The summed E-state index contributed by atoms with van der Waals surface area (Å²) in [4.78, 5) is 39.1. The van der Waals surface area contributed by atoms with Gasteiger partial charge in [0.15, 0.2) is 0 Å². The number of carbonyl (C=O) groups excluding carboxylic acids is 2. The minimum Gasteiger partial charge on any atom is -0.507 e. The van der Waals surface area contributed by atoms with E-state index >= 15 is 0 Å². The zero-order valence-electron chi connectivity index (χ0n) is 23.4. The van der Waals surface area contributed by atoms with Gasteiger partial charge in [-0.15, -0.1) is 0 Å². The Bertz CT molecular complexity index is 1680. The van der Waals surface area contributed by atoms with Crippen LogP contribution < -0.4 is 4.90 Å². The Balaban J connectivity index is 1.25. The molecule has 214 valence electrons. The van der Waals surface area contributed by atoms with Crippen LogP contribution in [0.25, 0.3) is 16.8 Å². The summed E-state index contributed by atoms with van der Waals surface area (Å²) in [5.74, 6) is -2.11. The average molecular weight is 566 g/mol. The molecule has 2 heterocycles. The number of nitro benzene ring substituents is 1. The summed E-state index contributed by atoms with van der Waals surface area (Å²) in [5.41, 5.74) is 4.07. The Hall–Kier alpha value is -4.28.